The van der Waals surface area contributed by atoms with Gasteiger partial charge in [0.2, 0.25) is 11.0 Å². The van der Waals surface area contributed by atoms with Crippen molar-refractivity contribution in [3.05, 3.63) is 40.4 Å². The summed E-state index contributed by atoms with van der Waals surface area (Å²) in [6, 6.07) is 7.24. The third kappa shape index (κ3) is 2.15. The summed E-state index contributed by atoms with van der Waals surface area (Å²) in [5.74, 6) is -0.605. The zero-order valence-corrected chi connectivity index (χ0v) is 11.0. The van der Waals surface area contributed by atoms with Gasteiger partial charge < -0.3 is 0 Å². The maximum atomic E-state index is 12.2. The normalized spacial score (nSPS) is 17.3. The van der Waals surface area contributed by atoms with Crippen LogP contribution in [0.3, 0.4) is 0 Å². The average molecular weight is 273 g/mol. The number of hydrogen-bond acceptors (Lipinski definition) is 5. The van der Waals surface area contributed by atoms with Crippen LogP contribution in [0.4, 0.5) is 5.13 Å². The quantitative estimate of drug-likeness (QED) is 0.910. The molecule has 1 amide bonds. The molecule has 1 aliphatic carbocycles. The van der Waals surface area contributed by atoms with Gasteiger partial charge in [-0.25, -0.2) is 0 Å². The van der Waals surface area contributed by atoms with E-state index in [9.17, 15) is 9.59 Å². The molecule has 1 N–H and O–H groups in total. The lowest BCUT2D eigenvalue weighted by Gasteiger charge is -2.09. The molecule has 1 unspecified atom stereocenters. The van der Waals surface area contributed by atoms with E-state index in [0.717, 1.165) is 10.6 Å². The lowest BCUT2D eigenvalue weighted by molar-refractivity contribution is -0.117. The minimum absolute atomic E-state index is 0.0178. The van der Waals surface area contributed by atoms with Crippen LogP contribution in [0, 0.1) is 6.92 Å². The number of nitrogens with one attached hydrogen (secondary N) is 1. The fraction of sp³-hybridized carbons (Fsp3) is 0.231. The summed E-state index contributed by atoms with van der Waals surface area (Å²) < 4.78 is 0. The Kier molecular flexibility index (Phi) is 2.87. The van der Waals surface area contributed by atoms with Crippen LogP contribution >= 0.6 is 11.3 Å². The van der Waals surface area contributed by atoms with E-state index in [0.29, 0.717) is 10.7 Å². The van der Waals surface area contributed by atoms with E-state index in [1.54, 1.807) is 6.07 Å². The molecular weight excluding hydrogens is 262 g/mol. The second-order valence-electron chi connectivity index (χ2n) is 4.38. The molecule has 0 fully saturated rings. The number of aromatic nitrogens is 2. The number of benzene rings is 1. The SMILES string of the molecule is Cc1nnc(NC(=O)C2CC(=O)c3ccccc32)s1. The number of nitrogens with zero attached hydrogens (tertiary/aromatic N) is 2. The first-order valence-corrected chi connectivity index (χ1v) is 6.70. The smallest absolute Gasteiger partial charge is 0.234 e. The number of carbonyl (C=O) groups is 2. The molecule has 1 heterocycles. The lowest BCUT2D eigenvalue weighted by Crippen LogP contribution is -2.19. The van der Waals surface area contributed by atoms with Crippen LogP contribution in [0.25, 0.3) is 0 Å². The Bertz CT molecular complexity index is 665. The molecule has 1 atom stereocenters. The summed E-state index contributed by atoms with van der Waals surface area (Å²) in [5, 5.41) is 11.7. The predicted octanol–water partition coefficient (Wildman–Crippen LogP) is 2.16. The molecule has 0 saturated heterocycles. The lowest BCUT2D eigenvalue weighted by atomic mass is 10.0. The summed E-state index contributed by atoms with van der Waals surface area (Å²) >= 11 is 1.32. The van der Waals surface area contributed by atoms with E-state index in [4.69, 9.17) is 0 Å². The first-order valence-electron chi connectivity index (χ1n) is 5.88. The van der Waals surface area contributed by atoms with Crippen LogP contribution in [0.5, 0.6) is 0 Å². The molecule has 6 heteroatoms. The average Bonchev–Trinajstić information content (AvgIpc) is 2.95. The van der Waals surface area contributed by atoms with Gasteiger partial charge in [0, 0.05) is 12.0 Å². The minimum Gasteiger partial charge on any atom is -0.300 e. The summed E-state index contributed by atoms with van der Waals surface area (Å²) in [6.45, 7) is 1.82. The number of hydrogen-bond donors (Lipinski definition) is 1. The molecule has 0 aliphatic heterocycles. The topological polar surface area (TPSA) is 72.0 Å². The van der Waals surface area contributed by atoms with Gasteiger partial charge in [-0.15, -0.1) is 10.2 Å². The van der Waals surface area contributed by atoms with Crippen molar-refractivity contribution in [2.24, 2.45) is 0 Å². The highest BCUT2D eigenvalue weighted by Crippen LogP contribution is 2.33. The number of fused-ring (bicyclic) bond motifs is 1. The van der Waals surface area contributed by atoms with E-state index in [2.05, 4.69) is 15.5 Å². The minimum atomic E-state index is -0.423. The number of carbonyl (C=O) groups excluding carboxylic acids is 2. The third-order valence-corrected chi connectivity index (χ3v) is 3.85. The van der Waals surface area contributed by atoms with Crippen LogP contribution < -0.4 is 5.32 Å². The molecule has 0 saturated carbocycles. The first kappa shape index (κ1) is 12.0. The van der Waals surface area contributed by atoms with Crippen molar-refractivity contribution < 1.29 is 9.59 Å². The van der Waals surface area contributed by atoms with Crippen molar-refractivity contribution in [2.45, 2.75) is 19.3 Å². The maximum absolute atomic E-state index is 12.2. The second-order valence-corrected chi connectivity index (χ2v) is 5.56. The molecule has 0 bridgehead atoms. The Labute approximate surface area is 113 Å². The van der Waals surface area contributed by atoms with Crippen molar-refractivity contribution in [1.29, 1.82) is 0 Å². The van der Waals surface area contributed by atoms with Crippen LogP contribution in [0.2, 0.25) is 0 Å². The summed E-state index contributed by atoms with van der Waals surface area (Å²) in [4.78, 5) is 24.0. The number of ketones is 1. The summed E-state index contributed by atoms with van der Waals surface area (Å²) in [6.07, 6.45) is 0.225. The zero-order valence-electron chi connectivity index (χ0n) is 10.2. The van der Waals surface area contributed by atoms with Crippen LogP contribution in [-0.4, -0.2) is 21.9 Å². The predicted molar refractivity (Wildman–Crippen MR) is 71.4 cm³/mol. The molecule has 5 nitrogen and oxygen atoms in total. The number of amides is 1. The molecular formula is C13H11N3O2S. The van der Waals surface area contributed by atoms with Gasteiger partial charge in [0.25, 0.3) is 0 Å². The van der Waals surface area contributed by atoms with Crippen molar-refractivity contribution in [1.82, 2.24) is 10.2 Å². The highest BCUT2D eigenvalue weighted by atomic mass is 32.1. The van der Waals surface area contributed by atoms with E-state index in [1.807, 2.05) is 25.1 Å². The standard InChI is InChI=1S/C13H11N3O2S/c1-7-15-16-13(19-7)14-12(18)10-6-11(17)9-5-3-2-4-8(9)10/h2-5,10H,6H2,1H3,(H,14,16,18). The monoisotopic (exact) mass is 273 g/mol. The van der Waals surface area contributed by atoms with Gasteiger partial charge in [0.1, 0.15) is 5.01 Å². The Morgan fingerprint density at radius 1 is 1.37 bits per heavy atom. The van der Waals surface area contributed by atoms with Crippen molar-refractivity contribution in [3.8, 4) is 0 Å². The van der Waals surface area contributed by atoms with Crippen molar-refractivity contribution in [3.63, 3.8) is 0 Å². The van der Waals surface area contributed by atoms with E-state index < -0.39 is 5.92 Å². The molecule has 0 radical (unpaired) electrons. The Balaban J connectivity index is 1.84. The first-order chi connectivity index (χ1) is 9.15. The highest BCUT2D eigenvalue weighted by Gasteiger charge is 2.34. The number of rotatable bonds is 2. The van der Waals surface area contributed by atoms with E-state index in [1.165, 1.54) is 11.3 Å². The fourth-order valence-corrected chi connectivity index (χ4v) is 2.83. The number of anilines is 1. The molecule has 2 aromatic rings. The molecule has 1 aromatic heterocycles. The van der Waals surface area contributed by atoms with Crippen molar-refractivity contribution in [2.75, 3.05) is 5.32 Å². The Morgan fingerprint density at radius 2 is 2.16 bits per heavy atom. The summed E-state index contributed by atoms with van der Waals surface area (Å²) in [5.41, 5.74) is 1.45. The van der Waals surface area contributed by atoms with E-state index in [-0.39, 0.29) is 18.1 Å². The molecule has 96 valence electrons. The zero-order chi connectivity index (χ0) is 13.4. The van der Waals surface area contributed by atoms with Crippen LogP contribution in [0.1, 0.15) is 33.3 Å². The molecule has 0 spiro atoms. The van der Waals surface area contributed by atoms with Gasteiger partial charge in [-0.3, -0.25) is 14.9 Å². The van der Waals surface area contributed by atoms with Gasteiger partial charge in [-0.1, -0.05) is 35.6 Å². The van der Waals surface area contributed by atoms with Crippen LogP contribution in [0.15, 0.2) is 24.3 Å². The molecule has 3 rings (SSSR count). The summed E-state index contributed by atoms with van der Waals surface area (Å²) in [7, 11) is 0. The maximum Gasteiger partial charge on any atom is 0.234 e. The molecule has 19 heavy (non-hydrogen) atoms. The van der Waals surface area contributed by atoms with Crippen LogP contribution in [-0.2, 0) is 4.79 Å². The van der Waals surface area contributed by atoms with Gasteiger partial charge >= 0.3 is 0 Å². The van der Waals surface area contributed by atoms with Gasteiger partial charge in [-0.2, -0.15) is 0 Å². The van der Waals surface area contributed by atoms with Gasteiger partial charge in [0.15, 0.2) is 5.78 Å². The van der Waals surface area contributed by atoms with Gasteiger partial charge in [-0.05, 0) is 12.5 Å². The number of Topliss-reactive ketones (excluding diaryl/α,β-unsaturated/α-hetero) is 1. The molecule has 1 aliphatic rings. The Hall–Kier alpha value is -2.08. The van der Waals surface area contributed by atoms with Gasteiger partial charge in [0.05, 0.1) is 5.92 Å². The van der Waals surface area contributed by atoms with E-state index >= 15 is 0 Å². The number of aryl methyl sites for hydroxylation is 1. The third-order valence-electron chi connectivity index (χ3n) is 3.10. The Morgan fingerprint density at radius 3 is 2.89 bits per heavy atom. The molecule has 1 aromatic carbocycles. The highest BCUT2D eigenvalue weighted by molar-refractivity contribution is 7.15. The fourth-order valence-electron chi connectivity index (χ4n) is 2.23. The largest absolute Gasteiger partial charge is 0.300 e. The second kappa shape index (κ2) is 4.55. The van der Waals surface area contributed by atoms with Crippen molar-refractivity contribution >= 4 is 28.2 Å².